The molecule has 1 fully saturated rings. The number of nitrogens with two attached hydrogens (primary N) is 1. The van der Waals surface area contributed by atoms with Gasteiger partial charge in [-0.3, -0.25) is 9.59 Å². The second-order valence-corrected chi connectivity index (χ2v) is 8.95. The molecule has 2 heterocycles. The first kappa shape index (κ1) is 16.7. The van der Waals surface area contributed by atoms with Gasteiger partial charge >= 0.3 is 0 Å². The van der Waals surface area contributed by atoms with Gasteiger partial charge in [0.2, 0.25) is 5.91 Å². The molecule has 24 heavy (non-hydrogen) atoms. The number of hydrogen-bond acceptors (Lipinski definition) is 5. The minimum atomic E-state index is -3.15. The molecule has 1 aliphatic rings. The van der Waals surface area contributed by atoms with Crippen LogP contribution in [0.1, 0.15) is 16.8 Å². The number of sulfone groups is 1. The van der Waals surface area contributed by atoms with E-state index in [0.717, 1.165) is 10.4 Å². The van der Waals surface area contributed by atoms with E-state index in [0.29, 0.717) is 11.4 Å². The van der Waals surface area contributed by atoms with Crippen molar-refractivity contribution >= 4 is 38.0 Å². The van der Waals surface area contributed by atoms with E-state index in [1.807, 2.05) is 30.3 Å². The molecule has 1 aromatic carbocycles. The molecule has 3 N–H and O–H groups in total. The zero-order valence-electron chi connectivity index (χ0n) is 12.7. The quantitative estimate of drug-likeness (QED) is 0.864. The Morgan fingerprint density at radius 1 is 1.21 bits per heavy atom. The number of rotatable bonds is 4. The van der Waals surface area contributed by atoms with E-state index in [-0.39, 0.29) is 23.0 Å². The Morgan fingerprint density at radius 2 is 1.92 bits per heavy atom. The largest absolute Gasteiger partial charge is 0.366 e. The fourth-order valence-corrected chi connectivity index (χ4v) is 5.44. The van der Waals surface area contributed by atoms with Crippen LogP contribution in [0.15, 0.2) is 36.4 Å². The van der Waals surface area contributed by atoms with Gasteiger partial charge in [-0.2, -0.15) is 0 Å². The molecule has 0 unspecified atom stereocenters. The Morgan fingerprint density at radius 3 is 2.50 bits per heavy atom. The summed E-state index contributed by atoms with van der Waals surface area (Å²) in [4.78, 5) is 24.8. The average molecular weight is 364 g/mol. The predicted octanol–water partition coefficient (Wildman–Crippen LogP) is 1.89. The van der Waals surface area contributed by atoms with Crippen molar-refractivity contribution in [1.29, 1.82) is 0 Å². The third-order valence-corrected chi connectivity index (χ3v) is 6.76. The molecule has 0 radical (unpaired) electrons. The second-order valence-electron chi connectivity index (χ2n) is 5.67. The molecular formula is C16H16N2O4S2. The zero-order chi connectivity index (χ0) is 17.3. The standard InChI is InChI=1S/C16H16N2O4S2/c17-14(19)12-8-13(10-4-2-1-3-5-10)23-16(12)18-15(20)11-6-7-24(21,22)9-11/h1-5,8,11H,6-7,9H2,(H2,17,19)(H,18,20)/t11-/m1/s1. The normalized spacial score (nSPS) is 19.1. The fraction of sp³-hybridized carbons (Fsp3) is 0.250. The number of benzene rings is 1. The SMILES string of the molecule is NC(=O)c1cc(-c2ccccc2)sc1NC(=O)[C@@H]1CCS(=O)(=O)C1. The van der Waals surface area contributed by atoms with E-state index in [1.54, 1.807) is 6.07 Å². The van der Waals surface area contributed by atoms with Crippen LogP contribution in [0.2, 0.25) is 0 Å². The third kappa shape index (κ3) is 3.49. The number of nitrogens with one attached hydrogen (secondary N) is 1. The van der Waals surface area contributed by atoms with Crippen molar-refractivity contribution in [3.8, 4) is 10.4 Å². The summed E-state index contributed by atoms with van der Waals surface area (Å²) in [6.07, 6.45) is 0.303. The summed E-state index contributed by atoms with van der Waals surface area (Å²) in [5, 5.41) is 3.03. The summed E-state index contributed by atoms with van der Waals surface area (Å²) < 4.78 is 23.0. The Kier molecular flexibility index (Phi) is 4.42. The lowest BCUT2D eigenvalue weighted by molar-refractivity contribution is -0.119. The van der Waals surface area contributed by atoms with Crippen LogP contribution in [0, 0.1) is 5.92 Å². The molecule has 0 spiro atoms. The lowest BCUT2D eigenvalue weighted by Gasteiger charge is -2.08. The number of amides is 2. The number of hydrogen-bond donors (Lipinski definition) is 2. The topological polar surface area (TPSA) is 106 Å². The molecule has 1 atom stereocenters. The van der Waals surface area contributed by atoms with Gasteiger partial charge in [0.1, 0.15) is 5.00 Å². The highest BCUT2D eigenvalue weighted by atomic mass is 32.2. The third-order valence-electron chi connectivity index (χ3n) is 3.90. The summed E-state index contributed by atoms with van der Waals surface area (Å²) in [5.41, 5.74) is 6.54. The molecule has 6 nitrogen and oxygen atoms in total. The van der Waals surface area contributed by atoms with Crippen molar-refractivity contribution in [2.45, 2.75) is 6.42 Å². The molecule has 1 aliphatic heterocycles. The van der Waals surface area contributed by atoms with E-state index in [4.69, 9.17) is 5.73 Å². The maximum atomic E-state index is 12.3. The van der Waals surface area contributed by atoms with E-state index in [1.165, 1.54) is 11.3 Å². The van der Waals surface area contributed by atoms with Gasteiger partial charge in [0.15, 0.2) is 9.84 Å². The predicted molar refractivity (Wildman–Crippen MR) is 93.7 cm³/mol. The van der Waals surface area contributed by atoms with Gasteiger partial charge in [-0.15, -0.1) is 11.3 Å². The summed E-state index contributed by atoms with van der Waals surface area (Å²) in [6.45, 7) is 0. The van der Waals surface area contributed by atoms with Crippen LogP contribution < -0.4 is 11.1 Å². The van der Waals surface area contributed by atoms with Crippen LogP contribution in [0.4, 0.5) is 5.00 Å². The van der Waals surface area contributed by atoms with Crippen LogP contribution in [-0.4, -0.2) is 31.7 Å². The Hall–Kier alpha value is -2.19. The molecule has 0 aliphatic carbocycles. The second kappa shape index (κ2) is 6.37. The van der Waals surface area contributed by atoms with Crippen LogP contribution in [0.25, 0.3) is 10.4 Å². The summed E-state index contributed by atoms with van der Waals surface area (Å²) in [6, 6.07) is 11.1. The van der Waals surface area contributed by atoms with Crippen molar-refractivity contribution < 1.29 is 18.0 Å². The molecule has 8 heteroatoms. The van der Waals surface area contributed by atoms with Crippen molar-refractivity contribution in [2.75, 3.05) is 16.8 Å². The van der Waals surface area contributed by atoms with Gasteiger partial charge in [-0.1, -0.05) is 30.3 Å². The lowest BCUT2D eigenvalue weighted by atomic mass is 10.1. The monoisotopic (exact) mass is 364 g/mol. The fourth-order valence-electron chi connectivity index (χ4n) is 2.63. The highest BCUT2D eigenvalue weighted by Gasteiger charge is 2.33. The van der Waals surface area contributed by atoms with Crippen LogP contribution in [0.3, 0.4) is 0 Å². The number of carbonyl (C=O) groups is 2. The van der Waals surface area contributed by atoms with Crippen molar-refractivity contribution in [3.05, 3.63) is 42.0 Å². The molecular weight excluding hydrogens is 348 g/mol. The minimum Gasteiger partial charge on any atom is -0.366 e. The first-order valence-electron chi connectivity index (χ1n) is 7.36. The minimum absolute atomic E-state index is 0.0213. The van der Waals surface area contributed by atoms with Gasteiger partial charge in [0.05, 0.1) is 23.0 Å². The number of anilines is 1. The van der Waals surface area contributed by atoms with Gasteiger partial charge < -0.3 is 11.1 Å². The summed E-state index contributed by atoms with van der Waals surface area (Å²) >= 11 is 1.25. The van der Waals surface area contributed by atoms with Gasteiger partial charge in [0.25, 0.3) is 5.91 Å². The molecule has 126 valence electrons. The maximum absolute atomic E-state index is 12.3. The number of carbonyl (C=O) groups excluding carboxylic acids is 2. The number of thiophene rings is 1. The molecule has 2 aromatic rings. The molecule has 2 amide bonds. The molecule has 0 saturated carbocycles. The van der Waals surface area contributed by atoms with E-state index >= 15 is 0 Å². The van der Waals surface area contributed by atoms with Crippen LogP contribution in [0.5, 0.6) is 0 Å². The first-order valence-corrected chi connectivity index (χ1v) is 10.00. The van der Waals surface area contributed by atoms with E-state index in [9.17, 15) is 18.0 Å². The highest BCUT2D eigenvalue weighted by molar-refractivity contribution is 7.91. The first-order chi connectivity index (χ1) is 11.4. The molecule has 3 rings (SSSR count). The number of primary amides is 1. The van der Waals surface area contributed by atoms with E-state index < -0.39 is 21.7 Å². The Balaban J connectivity index is 1.86. The van der Waals surface area contributed by atoms with Crippen molar-refractivity contribution in [1.82, 2.24) is 0 Å². The van der Waals surface area contributed by atoms with Crippen LogP contribution >= 0.6 is 11.3 Å². The average Bonchev–Trinajstić information content (AvgIpc) is 3.11. The molecule has 1 saturated heterocycles. The maximum Gasteiger partial charge on any atom is 0.251 e. The van der Waals surface area contributed by atoms with Gasteiger partial charge in [0, 0.05) is 4.88 Å². The Labute approximate surface area is 143 Å². The summed E-state index contributed by atoms with van der Waals surface area (Å²) in [7, 11) is -3.15. The zero-order valence-corrected chi connectivity index (χ0v) is 14.3. The summed E-state index contributed by atoms with van der Waals surface area (Å²) in [5.74, 6) is -1.74. The van der Waals surface area contributed by atoms with Gasteiger partial charge in [-0.05, 0) is 18.1 Å². The molecule has 0 bridgehead atoms. The highest BCUT2D eigenvalue weighted by Crippen LogP contribution is 2.35. The van der Waals surface area contributed by atoms with Crippen LogP contribution in [-0.2, 0) is 14.6 Å². The van der Waals surface area contributed by atoms with Gasteiger partial charge in [-0.25, -0.2) is 8.42 Å². The van der Waals surface area contributed by atoms with Crippen molar-refractivity contribution in [3.63, 3.8) is 0 Å². The molecule has 1 aromatic heterocycles. The Bertz CT molecular complexity index is 888. The van der Waals surface area contributed by atoms with Crippen molar-refractivity contribution in [2.24, 2.45) is 11.7 Å². The van der Waals surface area contributed by atoms with E-state index in [2.05, 4.69) is 5.32 Å². The smallest absolute Gasteiger partial charge is 0.251 e. The lowest BCUT2D eigenvalue weighted by Crippen LogP contribution is -2.24.